The number of hydrogen-bond donors (Lipinski definition) is 3. The maximum atomic E-state index is 13.1. The Balaban J connectivity index is 1.62. The van der Waals surface area contributed by atoms with Crippen molar-refractivity contribution >= 4 is 55.9 Å². The number of carbonyl (C=O) groups is 3. The number of benzene rings is 3. The van der Waals surface area contributed by atoms with Crippen LogP contribution in [0, 0.1) is 20.8 Å². The van der Waals surface area contributed by atoms with Gasteiger partial charge in [0.25, 0.3) is 5.91 Å². The first kappa shape index (κ1) is 23.3. The molecule has 7 nitrogen and oxygen atoms in total. The summed E-state index contributed by atoms with van der Waals surface area (Å²) in [4.78, 5) is 38.5. The molecule has 0 unspecified atom stereocenters. The zero-order chi connectivity index (χ0) is 24.4. The standard InChI is InChI=1S/C26H23BrN4O3/c1-15-4-7-20(8-5-15)28-24(32)23-14-18-13-19(27)6-9-22(18)31(23)30-26(34)25(33)29-21-11-16(2)10-17(3)12-21/h4-14H,1-3H3,(H,28,32)(H,29,33)(H,30,34). The van der Waals surface area contributed by atoms with Gasteiger partial charge < -0.3 is 10.6 Å². The fraction of sp³-hybridized carbons (Fsp3) is 0.115. The molecule has 34 heavy (non-hydrogen) atoms. The van der Waals surface area contributed by atoms with E-state index in [1.165, 1.54) is 4.68 Å². The molecule has 1 aromatic heterocycles. The van der Waals surface area contributed by atoms with Crippen molar-refractivity contribution in [1.82, 2.24) is 4.68 Å². The summed E-state index contributed by atoms with van der Waals surface area (Å²) in [6, 6.07) is 19.9. The number of halogens is 1. The number of rotatable bonds is 4. The number of nitrogens with zero attached hydrogens (tertiary/aromatic N) is 1. The van der Waals surface area contributed by atoms with E-state index in [0.717, 1.165) is 26.5 Å². The Kier molecular flexibility index (Phi) is 6.51. The largest absolute Gasteiger partial charge is 0.328 e. The van der Waals surface area contributed by atoms with Crippen LogP contribution in [0.1, 0.15) is 27.2 Å². The van der Waals surface area contributed by atoms with Gasteiger partial charge in [-0.15, -0.1) is 0 Å². The van der Waals surface area contributed by atoms with Gasteiger partial charge in [0.1, 0.15) is 5.69 Å². The molecule has 0 radical (unpaired) electrons. The van der Waals surface area contributed by atoms with Crippen LogP contribution in [0.25, 0.3) is 10.9 Å². The topological polar surface area (TPSA) is 92.2 Å². The van der Waals surface area contributed by atoms with Crippen molar-refractivity contribution < 1.29 is 14.4 Å². The molecule has 0 spiro atoms. The molecule has 0 saturated carbocycles. The predicted octanol–water partition coefficient (Wildman–Crippen LogP) is 5.29. The van der Waals surface area contributed by atoms with E-state index in [0.29, 0.717) is 16.9 Å². The zero-order valence-corrected chi connectivity index (χ0v) is 20.5. The van der Waals surface area contributed by atoms with Crippen LogP contribution in [0.4, 0.5) is 11.4 Å². The van der Waals surface area contributed by atoms with Gasteiger partial charge in [0, 0.05) is 21.2 Å². The van der Waals surface area contributed by atoms with Gasteiger partial charge in [-0.25, -0.2) is 4.68 Å². The van der Waals surface area contributed by atoms with Gasteiger partial charge in [0.2, 0.25) is 0 Å². The second-order valence-corrected chi connectivity index (χ2v) is 9.08. The lowest BCUT2D eigenvalue weighted by Crippen LogP contribution is -2.36. The minimum Gasteiger partial charge on any atom is -0.321 e. The SMILES string of the molecule is Cc1ccc(NC(=O)c2cc3cc(Br)ccc3n2NC(=O)C(=O)Nc2cc(C)cc(C)c2)cc1. The van der Waals surface area contributed by atoms with E-state index < -0.39 is 17.7 Å². The molecule has 3 N–H and O–H groups in total. The van der Waals surface area contributed by atoms with Gasteiger partial charge >= 0.3 is 11.8 Å². The first-order valence-corrected chi connectivity index (χ1v) is 11.4. The number of anilines is 2. The van der Waals surface area contributed by atoms with Crippen LogP contribution in [0.2, 0.25) is 0 Å². The highest BCUT2D eigenvalue weighted by molar-refractivity contribution is 9.10. The minimum atomic E-state index is -0.899. The van der Waals surface area contributed by atoms with Gasteiger partial charge in [0.15, 0.2) is 0 Å². The number of aryl methyl sites for hydroxylation is 3. The third kappa shape index (κ3) is 5.18. The second kappa shape index (κ2) is 9.52. The highest BCUT2D eigenvalue weighted by Crippen LogP contribution is 2.24. The molecule has 3 amide bonds. The van der Waals surface area contributed by atoms with Crippen molar-refractivity contribution in [3.63, 3.8) is 0 Å². The Labute approximate surface area is 205 Å². The Morgan fingerprint density at radius 2 is 1.38 bits per heavy atom. The van der Waals surface area contributed by atoms with Crippen LogP contribution in [0.3, 0.4) is 0 Å². The summed E-state index contributed by atoms with van der Waals surface area (Å²) < 4.78 is 2.15. The molecule has 0 fully saturated rings. The molecule has 0 aliphatic rings. The number of hydrogen-bond acceptors (Lipinski definition) is 3. The molecule has 3 aromatic carbocycles. The van der Waals surface area contributed by atoms with Crippen molar-refractivity contribution in [3.05, 3.63) is 93.6 Å². The van der Waals surface area contributed by atoms with E-state index in [4.69, 9.17) is 0 Å². The summed E-state index contributed by atoms with van der Waals surface area (Å²) in [7, 11) is 0. The Morgan fingerprint density at radius 1 is 0.706 bits per heavy atom. The maximum Gasteiger partial charge on any atom is 0.328 e. The molecule has 0 saturated heterocycles. The van der Waals surface area contributed by atoms with E-state index in [-0.39, 0.29) is 5.69 Å². The van der Waals surface area contributed by atoms with Crippen LogP contribution in [-0.4, -0.2) is 22.4 Å². The van der Waals surface area contributed by atoms with Crippen LogP contribution in [-0.2, 0) is 9.59 Å². The molecule has 8 heteroatoms. The number of nitrogens with one attached hydrogen (secondary N) is 3. The van der Waals surface area contributed by atoms with Crippen molar-refractivity contribution in [2.75, 3.05) is 16.1 Å². The van der Waals surface area contributed by atoms with E-state index in [2.05, 4.69) is 32.0 Å². The zero-order valence-electron chi connectivity index (χ0n) is 18.9. The first-order valence-electron chi connectivity index (χ1n) is 10.6. The number of amides is 3. The smallest absolute Gasteiger partial charge is 0.321 e. The summed E-state index contributed by atoms with van der Waals surface area (Å²) in [6.07, 6.45) is 0. The summed E-state index contributed by atoms with van der Waals surface area (Å²) >= 11 is 3.43. The van der Waals surface area contributed by atoms with E-state index >= 15 is 0 Å². The Bertz CT molecular complexity index is 1400. The van der Waals surface area contributed by atoms with E-state index in [9.17, 15) is 14.4 Å². The van der Waals surface area contributed by atoms with Crippen LogP contribution in [0.15, 0.2) is 71.2 Å². The van der Waals surface area contributed by atoms with Gasteiger partial charge in [-0.05, 0) is 80.4 Å². The molecule has 0 atom stereocenters. The third-order valence-electron chi connectivity index (χ3n) is 5.20. The fourth-order valence-electron chi connectivity index (χ4n) is 3.69. The highest BCUT2D eigenvalue weighted by Gasteiger charge is 2.21. The maximum absolute atomic E-state index is 13.1. The summed E-state index contributed by atoms with van der Waals surface area (Å²) in [5.41, 5.74) is 7.47. The summed E-state index contributed by atoms with van der Waals surface area (Å²) in [5.74, 6) is -2.16. The van der Waals surface area contributed by atoms with Gasteiger partial charge in [0.05, 0.1) is 5.52 Å². The molecule has 0 aliphatic carbocycles. The molecule has 172 valence electrons. The quantitative estimate of drug-likeness (QED) is 0.320. The average Bonchev–Trinajstić information content (AvgIpc) is 3.12. The van der Waals surface area contributed by atoms with Crippen LogP contribution in [0.5, 0.6) is 0 Å². The number of carbonyl (C=O) groups excluding carboxylic acids is 3. The van der Waals surface area contributed by atoms with Gasteiger partial charge in [-0.1, -0.05) is 39.7 Å². The average molecular weight is 519 g/mol. The van der Waals surface area contributed by atoms with Crippen molar-refractivity contribution in [3.8, 4) is 0 Å². The number of fused-ring (bicyclic) bond motifs is 1. The predicted molar refractivity (Wildman–Crippen MR) is 138 cm³/mol. The Hall–Kier alpha value is -3.91. The van der Waals surface area contributed by atoms with E-state index in [1.807, 2.05) is 45.0 Å². The molecule has 4 aromatic rings. The van der Waals surface area contributed by atoms with Gasteiger partial charge in [-0.2, -0.15) is 0 Å². The normalized spacial score (nSPS) is 10.7. The molecule has 0 aliphatic heterocycles. The van der Waals surface area contributed by atoms with Crippen LogP contribution >= 0.6 is 15.9 Å². The number of aromatic nitrogens is 1. The molecular weight excluding hydrogens is 496 g/mol. The lowest BCUT2D eigenvalue weighted by Gasteiger charge is -2.13. The summed E-state index contributed by atoms with van der Waals surface area (Å²) in [5, 5.41) is 6.17. The summed E-state index contributed by atoms with van der Waals surface area (Å²) in [6.45, 7) is 5.78. The first-order chi connectivity index (χ1) is 16.2. The van der Waals surface area contributed by atoms with Crippen LogP contribution < -0.4 is 16.1 Å². The van der Waals surface area contributed by atoms with Gasteiger partial charge in [-0.3, -0.25) is 19.8 Å². The molecular formula is C26H23BrN4O3. The van der Waals surface area contributed by atoms with E-state index in [1.54, 1.807) is 42.5 Å². The molecule has 0 bridgehead atoms. The second-order valence-electron chi connectivity index (χ2n) is 8.16. The monoisotopic (exact) mass is 518 g/mol. The molecule has 1 heterocycles. The fourth-order valence-corrected chi connectivity index (χ4v) is 4.07. The molecule has 4 rings (SSSR count). The lowest BCUT2D eigenvalue weighted by molar-refractivity contribution is -0.133. The van der Waals surface area contributed by atoms with Crippen molar-refractivity contribution in [2.45, 2.75) is 20.8 Å². The van der Waals surface area contributed by atoms with Crippen molar-refractivity contribution in [2.24, 2.45) is 0 Å². The minimum absolute atomic E-state index is 0.182. The third-order valence-corrected chi connectivity index (χ3v) is 5.70. The lowest BCUT2D eigenvalue weighted by atomic mass is 10.1. The Morgan fingerprint density at radius 3 is 2.06 bits per heavy atom. The highest BCUT2D eigenvalue weighted by atomic mass is 79.9. The van der Waals surface area contributed by atoms with Crippen molar-refractivity contribution in [1.29, 1.82) is 0 Å².